The molecule has 4 rings (SSSR count). The monoisotopic (exact) mass is 455 g/mol. The van der Waals surface area contributed by atoms with Gasteiger partial charge in [-0.15, -0.1) is 0 Å². The smallest absolute Gasteiger partial charge is 0.251 e. The molecule has 8 nitrogen and oxygen atoms in total. The summed E-state index contributed by atoms with van der Waals surface area (Å²) in [7, 11) is 4.07. The van der Waals surface area contributed by atoms with Crippen molar-refractivity contribution >= 4 is 11.6 Å². The number of hydrogen-bond donors (Lipinski definition) is 3. The number of anilines is 1. The van der Waals surface area contributed by atoms with Crippen molar-refractivity contribution in [1.82, 2.24) is 30.4 Å². The molecular weight excluding hydrogens is 426 g/mol. The van der Waals surface area contributed by atoms with Gasteiger partial charge in [0.15, 0.2) is 5.82 Å². The molecule has 174 valence electrons. The van der Waals surface area contributed by atoms with Crippen molar-refractivity contribution < 1.29 is 4.79 Å². The lowest BCUT2D eigenvalue weighted by Gasteiger charge is -2.21. The Labute approximate surface area is 199 Å². The van der Waals surface area contributed by atoms with Gasteiger partial charge in [0.25, 0.3) is 5.91 Å². The van der Waals surface area contributed by atoms with Gasteiger partial charge in [0, 0.05) is 29.2 Å². The normalized spacial score (nSPS) is 11.9. The molecule has 2 aromatic carbocycles. The van der Waals surface area contributed by atoms with Gasteiger partial charge in [-0.25, -0.2) is 4.98 Å². The van der Waals surface area contributed by atoms with Crippen LogP contribution in [0.4, 0.5) is 5.69 Å². The Morgan fingerprint density at radius 3 is 2.59 bits per heavy atom. The quantitative estimate of drug-likeness (QED) is 0.335. The summed E-state index contributed by atoms with van der Waals surface area (Å²) in [5, 5.41) is 13.7. The van der Waals surface area contributed by atoms with E-state index in [0.29, 0.717) is 23.8 Å². The van der Waals surface area contributed by atoms with Crippen molar-refractivity contribution in [1.29, 1.82) is 0 Å². The van der Waals surface area contributed by atoms with Gasteiger partial charge in [-0.2, -0.15) is 5.10 Å². The van der Waals surface area contributed by atoms with E-state index in [2.05, 4.69) is 47.8 Å². The lowest BCUT2D eigenvalue weighted by Crippen LogP contribution is -2.31. The van der Waals surface area contributed by atoms with Gasteiger partial charge in [-0.05, 0) is 63.0 Å². The van der Waals surface area contributed by atoms with Crippen LogP contribution < -0.4 is 10.6 Å². The molecule has 4 aromatic rings. The molecule has 0 radical (unpaired) electrons. The highest BCUT2D eigenvalue weighted by Crippen LogP contribution is 2.19. The minimum Gasteiger partial charge on any atom is -0.378 e. The zero-order chi connectivity index (χ0) is 23.8. The molecule has 1 unspecified atom stereocenters. The van der Waals surface area contributed by atoms with Gasteiger partial charge in [0.1, 0.15) is 5.82 Å². The van der Waals surface area contributed by atoms with Crippen LogP contribution in [-0.2, 0) is 6.54 Å². The average Bonchev–Trinajstić information content (AvgIpc) is 3.35. The molecule has 0 bridgehead atoms. The number of H-pyrrole nitrogens is 1. The van der Waals surface area contributed by atoms with Gasteiger partial charge < -0.3 is 15.5 Å². The summed E-state index contributed by atoms with van der Waals surface area (Å²) in [6, 6.07) is 21.2. The van der Waals surface area contributed by atoms with Crippen molar-refractivity contribution in [3.8, 4) is 11.4 Å². The lowest BCUT2D eigenvalue weighted by atomic mass is 10.0. The maximum atomic E-state index is 13.1. The third-order valence-corrected chi connectivity index (χ3v) is 5.43. The fraction of sp³-hybridized carbons (Fsp3) is 0.231. The minimum absolute atomic E-state index is 0.0616. The first-order valence-corrected chi connectivity index (χ1v) is 11.2. The van der Waals surface area contributed by atoms with Crippen molar-refractivity contribution in [2.45, 2.75) is 19.0 Å². The molecule has 1 atom stereocenters. The predicted octanol–water partition coefficient (Wildman–Crippen LogP) is 3.90. The van der Waals surface area contributed by atoms with Crippen LogP contribution in [0.25, 0.3) is 11.4 Å². The number of nitrogens with zero attached hydrogens (tertiary/aromatic N) is 4. The van der Waals surface area contributed by atoms with Crippen LogP contribution in [-0.4, -0.2) is 51.6 Å². The van der Waals surface area contributed by atoms with Crippen LogP contribution in [0.5, 0.6) is 0 Å². The van der Waals surface area contributed by atoms with Gasteiger partial charge in [0.05, 0.1) is 12.6 Å². The van der Waals surface area contributed by atoms with Crippen molar-refractivity contribution in [2.75, 3.05) is 26.0 Å². The maximum Gasteiger partial charge on any atom is 0.251 e. The molecule has 3 N–H and O–H groups in total. The highest BCUT2D eigenvalue weighted by Gasteiger charge is 2.16. The molecule has 0 fully saturated rings. The van der Waals surface area contributed by atoms with E-state index in [1.165, 1.54) is 0 Å². The van der Waals surface area contributed by atoms with Crippen molar-refractivity contribution in [3.05, 3.63) is 96.1 Å². The molecule has 0 spiro atoms. The van der Waals surface area contributed by atoms with Crippen LogP contribution in [0.15, 0.2) is 79.1 Å². The summed E-state index contributed by atoms with van der Waals surface area (Å²) in [4.78, 5) is 23.7. The number of carbonyl (C=O) groups is 1. The van der Waals surface area contributed by atoms with E-state index in [1.807, 2.05) is 68.7 Å². The number of pyridine rings is 1. The van der Waals surface area contributed by atoms with Gasteiger partial charge in [-0.3, -0.25) is 14.9 Å². The van der Waals surface area contributed by atoms with Crippen molar-refractivity contribution in [3.63, 3.8) is 0 Å². The molecular formula is C26H29N7O. The van der Waals surface area contributed by atoms with Crippen LogP contribution in [0.3, 0.4) is 0 Å². The second-order valence-corrected chi connectivity index (χ2v) is 8.30. The summed E-state index contributed by atoms with van der Waals surface area (Å²) >= 11 is 0. The fourth-order valence-corrected chi connectivity index (χ4v) is 3.60. The predicted molar refractivity (Wildman–Crippen MR) is 133 cm³/mol. The number of amides is 1. The first-order chi connectivity index (χ1) is 16.6. The average molecular weight is 456 g/mol. The van der Waals surface area contributed by atoms with E-state index in [1.54, 1.807) is 12.4 Å². The summed E-state index contributed by atoms with van der Waals surface area (Å²) in [6.45, 7) is 1.33. The molecule has 0 saturated heterocycles. The van der Waals surface area contributed by atoms with Gasteiger partial charge in [0.2, 0.25) is 0 Å². The third kappa shape index (κ3) is 6.26. The van der Waals surface area contributed by atoms with E-state index in [4.69, 9.17) is 0 Å². The standard InChI is InChI=1S/C26H29N7O/c1-33(2)16-13-23(19-7-4-3-5-8-19)29-26(34)21-9-6-10-22(17-21)28-18-24-30-25(32-31-24)20-11-14-27-15-12-20/h3-12,14-15,17,23,28H,13,16,18H2,1-2H3,(H,29,34)(H,30,31,32). The van der Waals surface area contributed by atoms with Gasteiger partial charge >= 0.3 is 0 Å². The fourth-order valence-electron chi connectivity index (χ4n) is 3.60. The molecule has 0 aliphatic carbocycles. The number of hydrogen-bond acceptors (Lipinski definition) is 6. The molecule has 2 heterocycles. The highest BCUT2D eigenvalue weighted by atomic mass is 16.1. The molecule has 0 aliphatic heterocycles. The molecule has 8 heteroatoms. The Morgan fingerprint density at radius 2 is 1.82 bits per heavy atom. The Bertz CT molecular complexity index is 1190. The Balaban J connectivity index is 1.40. The van der Waals surface area contributed by atoms with E-state index in [9.17, 15) is 4.79 Å². The summed E-state index contributed by atoms with van der Waals surface area (Å²) < 4.78 is 0. The molecule has 0 saturated carbocycles. The Morgan fingerprint density at radius 1 is 1.03 bits per heavy atom. The number of nitrogens with one attached hydrogen (secondary N) is 3. The van der Waals surface area contributed by atoms with E-state index < -0.39 is 0 Å². The summed E-state index contributed by atoms with van der Waals surface area (Å²) in [5.74, 6) is 1.22. The second kappa shape index (κ2) is 11.2. The summed E-state index contributed by atoms with van der Waals surface area (Å²) in [6.07, 6.45) is 4.25. The zero-order valence-electron chi connectivity index (χ0n) is 19.4. The number of benzene rings is 2. The van der Waals surface area contributed by atoms with Crippen molar-refractivity contribution in [2.24, 2.45) is 0 Å². The SMILES string of the molecule is CN(C)CCC(NC(=O)c1cccc(NCc2nc(-c3ccncc3)n[nH]2)c1)c1ccccc1. The van der Waals surface area contributed by atoms with Gasteiger partial charge in [-0.1, -0.05) is 36.4 Å². The molecule has 0 aliphatic rings. The van der Waals surface area contributed by atoms with Crippen LogP contribution in [0.1, 0.15) is 34.2 Å². The topological polar surface area (TPSA) is 98.8 Å². The second-order valence-electron chi connectivity index (χ2n) is 8.30. The first-order valence-electron chi connectivity index (χ1n) is 11.2. The van der Waals surface area contributed by atoms with E-state index >= 15 is 0 Å². The maximum absolute atomic E-state index is 13.1. The number of carbonyl (C=O) groups excluding carboxylic acids is 1. The first kappa shape index (κ1) is 23.1. The highest BCUT2D eigenvalue weighted by molar-refractivity contribution is 5.95. The van der Waals surface area contributed by atoms with E-state index in [-0.39, 0.29) is 11.9 Å². The largest absolute Gasteiger partial charge is 0.378 e. The van der Waals surface area contributed by atoms with E-state index in [0.717, 1.165) is 29.8 Å². The number of aromatic nitrogens is 4. The zero-order valence-corrected chi connectivity index (χ0v) is 19.4. The Hall–Kier alpha value is -4.04. The molecule has 1 amide bonds. The third-order valence-electron chi connectivity index (χ3n) is 5.43. The molecule has 2 aromatic heterocycles. The number of rotatable bonds is 10. The molecule has 34 heavy (non-hydrogen) atoms. The van der Waals surface area contributed by atoms with Crippen LogP contribution in [0, 0.1) is 0 Å². The Kier molecular flexibility index (Phi) is 7.62. The van der Waals surface area contributed by atoms with Crippen LogP contribution in [0.2, 0.25) is 0 Å². The minimum atomic E-state index is -0.101. The number of aromatic amines is 1. The van der Waals surface area contributed by atoms with Crippen LogP contribution >= 0.6 is 0 Å². The lowest BCUT2D eigenvalue weighted by molar-refractivity contribution is 0.0932. The summed E-state index contributed by atoms with van der Waals surface area (Å²) in [5.41, 5.74) is 3.44.